The van der Waals surface area contributed by atoms with Crippen LogP contribution in [0.4, 0.5) is 0 Å². The summed E-state index contributed by atoms with van der Waals surface area (Å²) in [6.07, 6.45) is 4.99. The molecule has 2 aliphatic rings. The van der Waals surface area contributed by atoms with Gasteiger partial charge in [-0.2, -0.15) is 0 Å². The first kappa shape index (κ1) is 20.6. The molecule has 0 radical (unpaired) electrons. The fourth-order valence-electron chi connectivity index (χ4n) is 4.81. The fraction of sp³-hybridized carbons (Fsp3) is 0.609. The van der Waals surface area contributed by atoms with E-state index in [1.54, 1.807) is 0 Å². The van der Waals surface area contributed by atoms with Gasteiger partial charge in [0.05, 0.1) is 0 Å². The van der Waals surface area contributed by atoms with E-state index < -0.39 is 11.2 Å². The summed E-state index contributed by atoms with van der Waals surface area (Å²) in [7, 11) is 0. The van der Waals surface area contributed by atoms with Gasteiger partial charge in [0.15, 0.2) is 0 Å². The molecule has 3 nitrogen and oxygen atoms in total. The first-order valence-corrected chi connectivity index (χ1v) is 11.8. The Morgan fingerprint density at radius 1 is 1.26 bits per heavy atom. The summed E-state index contributed by atoms with van der Waals surface area (Å²) in [6, 6.07) is 10.5. The SMILES string of the molecule is CC(=O)O[C@]1(C)CCC(C(C)C)=C[C@H]2[C@H]1CC([Se]c1ccccc1)C2(C)O. The summed E-state index contributed by atoms with van der Waals surface area (Å²) >= 11 is 0.180. The Kier molecular flexibility index (Phi) is 5.91. The van der Waals surface area contributed by atoms with Crippen LogP contribution in [0.25, 0.3) is 0 Å². The van der Waals surface area contributed by atoms with Gasteiger partial charge in [-0.15, -0.1) is 0 Å². The number of hydrogen-bond donors (Lipinski definition) is 1. The second kappa shape index (κ2) is 7.73. The van der Waals surface area contributed by atoms with Crippen LogP contribution in [-0.4, -0.2) is 37.2 Å². The van der Waals surface area contributed by atoms with E-state index in [0.717, 1.165) is 19.3 Å². The molecule has 5 atom stereocenters. The van der Waals surface area contributed by atoms with E-state index >= 15 is 0 Å². The Labute approximate surface area is 169 Å². The third kappa shape index (κ3) is 4.18. The first-order chi connectivity index (χ1) is 12.6. The van der Waals surface area contributed by atoms with E-state index in [4.69, 9.17) is 4.74 Å². The standard InChI is InChI=1S/C23H32O3Se/c1-15(2)17-11-12-22(4,26-16(3)24)19-14-21(23(5,25)20(19)13-17)27-18-9-7-6-8-10-18/h6-10,13,15,19-21,25H,11-12,14H2,1-5H3/t19-,20+,21?,22-,23?/m1/s1. The second-order valence-electron chi connectivity index (χ2n) is 8.82. The zero-order valence-electron chi connectivity index (χ0n) is 17.1. The molecule has 1 fully saturated rings. The van der Waals surface area contributed by atoms with Crippen molar-refractivity contribution in [2.75, 3.05) is 0 Å². The molecular formula is C23H32O3Se. The molecule has 0 aliphatic heterocycles. The summed E-state index contributed by atoms with van der Waals surface area (Å²) in [5.41, 5.74) is 0.0793. The molecule has 27 heavy (non-hydrogen) atoms. The van der Waals surface area contributed by atoms with E-state index in [9.17, 15) is 9.90 Å². The number of aliphatic hydroxyl groups is 1. The molecule has 1 aromatic rings. The molecule has 1 aromatic carbocycles. The van der Waals surface area contributed by atoms with Crippen LogP contribution in [0.15, 0.2) is 42.0 Å². The van der Waals surface area contributed by atoms with Gasteiger partial charge in [-0.05, 0) is 0 Å². The topological polar surface area (TPSA) is 46.5 Å². The van der Waals surface area contributed by atoms with Gasteiger partial charge in [0.1, 0.15) is 0 Å². The van der Waals surface area contributed by atoms with E-state index in [-0.39, 0.29) is 37.6 Å². The molecule has 1 saturated carbocycles. The van der Waals surface area contributed by atoms with Gasteiger partial charge in [0, 0.05) is 0 Å². The van der Waals surface area contributed by atoms with E-state index in [1.807, 2.05) is 13.0 Å². The summed E-state index contributed by atoms with van der Waals surface area (Å²) < 4.78 is 7.23. The minimum atomic E-state index is -0.785. The van der Waals surface area contributed by atoms with Crippen molar-refractivity contribution in [1.29, 1.82) is 0 Å². The normalized spacial score (nSPS) is 36.1. The molecular weight excluding hydrogens is 403 g/mol. The fourth-order valence-corrected chi connectivity index (χ4v) is 7.63. The van der Waals surface area contributed by atoms with Gasteiger partial charge < -0.3 is 0 Å². The predicted octanol–water partition coefficient (Wildman–Crippen LogP) is 3.89. The molecule has 4 heteroatoms. The molecule has 0 saturated heterocycles. The zero-order chi connectivity index (χ0) is 19.8. The number of fused-ring (bicyclic) bond motifs is 1. The predicted molar refractivity (Wildman–Crippen MR) is 110 cm³/mol. The average Bonchev–Trinajstić information content (AvgIpc) is 2.73. The third-order valence-corrected chi connectivity index (χ3v) is 9.60. The number of carbonyl (C=O) groups is 1. The van der Waals surface area contributed by atoms with Crippen LogP contribution in [0.1, 0.15) is 53.9 Å². The summed E-state index contributed by atoms with van der Waals surface area (Å²) in [6.45, 7) is 10.0. The monoisotopic (exact) mass is 436 g/mol. The number of benzene rings is 1. The summed E-state index contributed by atoms with van der Waals surface area (Å²) in [4.78, 5) is 12.1. The van der Waals surface area contributed by atoms with Crippen LogP contribution in [0.5, 0.6) is 0 Å². The van der Waals surface area contributed by atoms with Crippen molar-refractivity contribution < 1.29 is 14.6 Å². The zero-order valence-corrected chi connectivity index (χ0v) is 18.8. The molecule has 2 unspecified atom stereocenters. The number of esters is 1. The Balaban J connectivity index is 1.97. The van der Waals surface area contributed by atoms with Crippen molar-refractivity contribution in [2.24, 2.45) is 17.8 Å². The maximum atomic E-state index is 11.9. The van der Waals surface area contributed by atoms with Crippen LogP contribution in [0.2, 0.25) is 4.82 Å². The Morgan fingerprint density at radius 2 is 1.93 bits per heavy atom. The van der Waals surface area contributed by atoms with E-state index in [1.165, 1.54) is 17.0 Å². The van der Waals surface area contributed by atoms with E-state index in [2.05, 4.69) is 51.1 Å². The van der Waals surface area contributed by atoms with Crippen LogP contribution in [-0.2, 0) is 9.53 Å². The molecule has 0 bridgehead atoms. The van der Waals surface area contributed by atoms with Crippen molar-refractivity contribution in [3.05, 3.63) is 42.0 Å². The number of carbonyl (C=O) groups excluding carboxylic acids is 1. The van der Waals surface area contributed by atoms with Crippen molar-refractivity contribution in [2.45, 2.75) is 69.9 Å². The van der Waals surface area contributed by atoms with Crippen LogP contribution >= 0.6 is 0 Å². The van der Waals surface area contributed by atoms with Gasteiger partial charge in [-0.1, -0.05) is 0 Å². The first-order valence-electron chi connectivity index (χ1n) is 9.97. The molecule has 2 aliphatic carbocycles. The minimum absolute atomic E-state index is 0.0253. The van der Waals surface area contributed by atoms with Gasteiger partial charge in [0.25, 0.3) is 0 Å². The Hall–Kier alpha value is -1.09. The molecule has 3 rings (SSSR count). The van der Waals surface area contributed by atoms with Crippen molar-refractivity contribution in [3.8, 4) is 0 Å². The number of hydrogen-bond acceptors (Lipinski definition) is 3. The maximum absolute atomic E-state index is 11.9. The Morgan fingerprint density at radius 3 is 2.52 bits per heavy atom. The van der Waals surface area contributed by atoms with E-state index in [0.29, 0.717) is 5.92 Å². The molecule has 0 spiro atoms. The quantitative estimate of drug-likeness (QED) is 0.444. The molecule has 0 aromatic heterocycles. The van der Waals surface area contributed by atoms with Crippen molar-refractivity contribution in [3.63, 3.8) is 0 Å². The van der Waals surface area contributed by atoms with Gasteiger partial charge in [-0.3, -0.25) is 0 Å². The Bertz CT molecular complexity index is 710. The molecule has 148 valence electrons. The molecule has 0 heterocycles. The second-order valence-corrected chi connectivity index (χ2v) is 11.5. The molecule has 0 amide bonds. The third-order valence-electron chi connectivity index (χ3n) is 6.46. The van der Waals surface area contributed by atoms with Crippen molar-refractivity contribution in [1.82, 2.24) is 0 Å². The number of allylic oxidation sites excluding steroid dienone is 1. The number of rotatable bonds is 4. The van der Waals surface area contributed by atoms with Crippen molar-refractivity contribution >= 4 is 25.4 Å². The van der Waals surface area contributed by atoms with Crippen LogP contribution in [0.3, 0.4) is 0 Å². The van der Waals surface area contributed by atoms with Crippen LogP contribution < -0.4 is 4.46 Å². The van der Waals surface area contributed by atoms with Gasteiger partial charge >= 0.3 is 170 Å². The average molecular weight is 435 g/mol. The summed E-state index contributed by atoms with van der Waals surface area (Å²) in [5, 5.41) is 11.6. The van der Waals surface area contributed by atoms with Crippen LogP contribution in [0, 0.1) is 17.8 Å². The van der Waals surface area contributed by atoms with Gasteiger partial charge in [0.2, 0.25) is 0 Å². The number of ether oxygens (including phenoxy) is 1. The van der Waals surface area contributed by atoms with Gasteiger partial charge in [-0.25, -0.2) is 0 Å². The molecule has 1 N–H and O–H groups in total. The summed E-state index contributed by atoms with van der Waals surface area (Å²) in [5.74, 6) is 0.404.